The fourth-order valence-electron chi connectivity index (χ4n) is 0.932. The smallest absolute Gasteiger partial charge is 0.384 e. The van der Waals surface area contributed by atoms with Gasteiger partial charge in [0.15, 0.2) is 0 Å². The third kappa shape index (κ3) is 2.96. The maximum atomic E-state index is 12.9. The van der Waals surface area contributed by atoms with Crippen LogP contribution in [0.5, 0.6) is 0 Å². The Morgan fingerprint density at radius 3 is 2.47 bits per heavy atom. The number of benzene rings is 1. The molecule has 0 heterocycles. The maximum absolute atomic E-state index is 12.9. The quantitative estimate of drug-likeness (QED) is 0.522. The lowest BCUT2D eigenvalue weighted by atomic mass is 10.1. The van der Waals surface area contributed by atoms with E-state index in [1.807, 2.05) is 0 Å². The van der Waals surface area contributed by atoms with E-state index in [2.05, 4.69) is 11.8 Å². The van der Waals surface area contributed by atoms with E-state index in [-0.39, 0.29) is 5.56 Å². The molecule has 5 heteroatoms. The Morgan fingerprint density at radius 1 is 1.27 bits per heavy atom. The molecule has 0 saturated heterocycles. The third-order valence-corrected chi connectivity index (χ3v) is 1.60. The molecule has 0 aromatic heterocycles. The highest BCUT2D eigenvalue weighted by Crippen LogP contribution is 2.30. The average Bonchev–Trinajstić information content (AvgIpc) is 2.15. The molecule has 0 bridgehead atoms. The fraction of sp³-hybridized carbons (Fsp3) is 0.200. The summed E-state index contributed by atoms with van der Waals surface area (Å²) in [5, 5.41) is 8.33. The van der Waals surface area contributed by atoms with Gasteiger partial charge in [0.1, 0.15) is 12.4 Å². The zero-order valence-corrected chi connectivity index (χ0v) is 7.40. The Kier molecular flexibility index (Phi) is 3.32. The first-order chi connectivity index (χ1) is 6.95. The number of aliphatic hydroxyl groups excluding tert-OH is 1. The molecule has 0 radical (unpaired) electrons. The number of aliphatic hydroxyl groups is 1. The minimum Gasteiger partial charge on any atom is -0.384 e. The molecule has 1 aromatic rings. The van der Waals surface area contributed by atoms with Gasteiger partial charge >= 0.3 is 6.18 Å². The summed E-state index contributed by atoms with van der Waals surface area (Å²) in [4.78, 5) is 0. The van der Waals surface area contributed by atoms with Crippen molar-refractivity contribution < 1.29 is 22.7 Å². The van der Waals surface area contributed by atoms with Crippen LogP contribution < -0.4 is 0 Å². The molecule has 0 fully saturated rings. The standard InChI is InChI=1S/C10H6F4O/c11-9-4-3-8(10(12,13)14)6-7(9)2-1-5-15/h3-4,6,15H,5H2. The zero-order valence-electron chi connectivity index (χ0n) is 7.40. The molecule has 0 amide bonds. The van der Waals surface area contributed by atoms with Gasteiger partial charge in [-0.3, -0.25) is 0 Å². The number of rotatable bonds is 0. The van der Waals surface area contributed by atoms with Crippen molar-refractivity contribution in [1.29, 1.82) is 0 Å². The molecule has 0 saturated carbocycles. The van der Waals surface area contributed by atoms with Crippen LogP contribution in [-0.2, 0) is 6.18 Å². The topological polar surface area (TPSA) is 20.2 Å². The van der Waals surface area contributed by atoms with Crippen molar-refractivity contribution in [3.63, 3.8) is 0 Å². The molecule has 1 aromatic carbocycles. The van der Waals surface area contributed by atoms with Crippen molar-refractivity contribution in [3.05, 3.63) is 35.1 Å². The SMILES string of the molecule is OCC#Cc1cc(C(F)(F)F)ccc1F. The molecule has 1 N–H and O–H groups in total. The van der Waals surface area contributed by atoms with Gasteiger partial charge in [-0.1, -0.05) is 11.8 Å². The monoisotopic (exact) mass is 218 g/mol. The first-order valence-corrected chi connectivity index (χ1v) is 3.91. The molecule has 0 aliphatic rings. The molecule has 0 atom stereocenters. The summed E-state index contributed by atoms with van der Waals surface area (Å²) < 4.78 is 49.5. The second-order valence-electron chi connectivity index (χ2n) is 2.65. The first kappa shape index (κ1) is 11.5. The lowest BCUT2D eigenvalue weighted by Gasteiger charge is -2.06. The Morgan fingerprint density at radius 2 is 1.93 bits per heavy atom. The van der Waals surface area contributed by atoms with Crippen LogP contribution in [0.4, 0.5) is 17.6 Å². The molecular formula is C10H6F4O. The zero-order chi connectivity index (χ0) is 11.5. The maximum Gasteiger partial charge on any atom is 0.416 e. The van der Waals surface area contributed by atoms with Gasteiger partial charge in [-0.25, -0.2) is 4.39 Å². The van der Waals surface area contributed by atoms with Crippen molar-refractivity contribution >= 4 is 0 Å². The summed E-state index contributed by atoms with van der Waals surface area (Å²) in [5.74, 6) is 3.34. The van der Waals surface area contributed by atoms with Crippen molar-refractivity contribution in [2.45, 2.75) is 6.18 Å². The van der Waals surface area contributed by atoms with Crippen LogP contribution in [0.1, 0.15) is 11.1 Å². The lowest BCUT2D eigenvalue weighted by molar-refractivity contribution is -0.137. The lowest BCUT2D eigenvalue weighted by Crippen LogP contribution is -2.05. The van der Waals surface area contributed by atoms with Gasteiger partial charge in [-0.2, -0.15) is 13.2 Å². The van der Waals surface area contributed by atoms with Crippen LogP contribution in [0.2, 0.25) is 0 Å². The van der Waals surface area contributed by atoms with Gasteiger partial charge in [-0.05, 0) is 18.2 Å². The molecule has 0 unspecified atom stereocenters. The van der Waals surface area contributed by atoms with E-state index in [0.29, 0.717) is 18.2 Å². The van der Waals surface area contributed by atoms with Crippen molar-refractivity contribution in [2.24, 2.45) is 0 Å². The van der Waals surface area contributed by atoms with Crippen LogP contribution in [0.3, 0.4) is 0 Å². The van der Waals surface area contributed by atoms with E-state index < -0.39 is 24.2 Å². The predicted molar refractivity (Wildman–Crippen MR) is 45.4 cm³/mol. The Hall–Kier alpha value is -1.54. The van der Waals surface area contributed by atoms with Gasteiger partial charge < -0.3 is 5.11 Å². The Labute approximate surface area is 83.3 Å². The minimum atomic E-state index is -4.52. The number of hydrogen-bond acceptors (Lipinski definition) is 1. The summed E-state index contributed by atoms with van der Waals surface area (Å²) in [5.41, 5.74) is -1.34. The second-order valence-corrected chi connectivity index (χ2v) is 2.65. The molecular weight excluding hydrogens is 212 g/mol. The highest BCUT2D eigenvalue weighted by Gasteiger charge is 2.30. The summed E-state index contributed by atoms with van der Waals surface area (Å²) >= 11 is 0. The molecule has 0 spiro atoms. The van der Waals surface area contributed by atoms with E-state index >= 15 is 0 Å². The number of hydrogen-bond donors (Lipinski definition) is 1. The number of halogens is 4. The second kappa shape index (κ2) is 4.32. The largest absolute Gasteiger partial charge is 0.416 e. The Bertz CT molecular complexity index is 412. The van der Waals surface area contributed by atoms with Crippen LogP contribution in [0.15, 0.2) is 18.2 Å². The summed E-state index contributed by atoms with van der Waals surface area (Å²) in [6.45, 7) is -0.532. The average molecular weight is 218 g/mol. The molecule has 1 nitrogen and oxygen atoms in total. The summed E-state index contributed by atoms with van der Waals surface area (Å²) in [7, 11) is 0. The van der Waals surface area contributed by atoms with Crippen molar-refractivity contribution in [3.8, 4) is 11.8 Å². The predicted octanol–water partition coefficient (Wildman–Crippen LogP) is 2.19. The van der Waals surface area contributed by atoms with E-state index in [0.717, 1.165) is 0 Å². The van der Waals surface area contributed by atoms with Crippen LogP contribution in [0, 0.1) is 17.7 Å². The normalized spacial score (nSPS) is 10.7. The van der Waals surface area contributed by atoms with E-state index in [4.69, 9.17) is 5.11 Å². The van der Waals surface area contributed by atoms with Crippen molar-refractivity contribution in [2.75, 3.05) is 6.61 Å². The van der Waals surface area contributed by atoms with Gasteiger partial charge in [0, 0.05) is 0 Å². The van der Waals surface area contributed by atoms with Gasteiger partial charge in [0.2, 0.25) is 0 Å². The fourth-order valence-corrected chi connectivity index (χ4v) is 0.932. The van der Waals surface area contributed by atoms with E-state index in [1.165, 1.54) is 0 Å². The van der Waals surface area contributed by atoms with Gasteiger partial charge in [0.25, 0.3) is 0 Å². The van der Waals surface area contributed by atoms with Gasteiger partial charge in [0.05, 0.1) is 11.1 Å². The van der Waals surface area contributed by atoms with Crippen LogP contribution in [0.25, 0.3) is 0 Å². The van der Waals surface area contributed by atoms with Crippen LogP contribution in [-0.4, -0.2) is 11.7 Å². The molecule has 1 rings (SSSR count). The molecule has 15 heavy (non-hydrogen) atoms. The molecule has 0 aliphatic carbocycles. The van der Waals surface area contributed by atoms with Gasteiger partial charge in [-0.15, -0.1) is 0 Å². The highest BCUT2D eigenvalue weighted by atomic mass is 19.4. The molecule has 0 aliphatic heterocycles. The van der Waals surface area contributed by atoms with E-state index in [9.17, 15) is 17.6 Å². The Balaban J connectivity index is 3.17. The summed E-state index contributed by atoms with van der Waals surface area (Å²) in [6, 6.07) is 1.95. The minimum absolute atomic E-state index is 0.376. The molecule has 80 valence electrons. The number of alkyl halides is 3. The van der Waals surface area contributed by atoms with Crippen molar-refractivity contribution in [1.82, 2.24) is 0 Å². The van der Waals surface area contributed by atoms with Crippen LogP contribution >= 0.6 is 0 Å². The van der Waals surface area contributed by atoms with E-state index in [1.54, 1.807) is 0 Å². The highest BCUT2D eigenvalue weighted by molar-refractivity contribution is 5.39. The summed E-state index contributed by atoms with van der Waals surface area (Å²) in [6.07, 6.45) is -4.52. The third-order valence-electron chi connectivity index (χ3n) is 1.60. The first-order valence-electron chi connectivity index (χ1n) is 3.91.